The van der Waals surface area contributed by atoms with Gasteiger partial charge in [0.2, 0.25) is 0 Å². The molecule has 3 aromatic carbocycles. The molecule has 0 saturated carbocycles. The third-order valence-electron chi connectivity index (χ3n) is 5.62. The lowest BCUT2D eigenvalue weighted by atomic mass is 10.1. The highest BCUT2D eigenvalue weighted by Gasteiger charge is 2.13. The van der Waals surface area contributed by atoms with Gasteiger partial charge in [-0.25, -0.2) is 9.18 Å². The highest BCUT2D eigenvalue weighted by molar-refractivity contribution is 5.91. The molecule has 0 aliphatic rings. The van der Waals surface area contributed by atoms with Gasteiger partial charge in [0.1, 0.15) is 5.75 Å². The van der Waals surface area contributed by atoms with E-state index in [4.69, 9.17) is 9.47 Å². The lowest BCUT2D eigenvalue weighted by molar-refractivity contribution is 0.0728. The van der Waals surface area contributed by atoms with Crippen molar-refractivity contribution in [3.8, 4) is 11.5 Å². The van der Waals surface area contributed by atoms with Crippen molar-refractivity contribution in [2.45, 2.75) is 45.4 Å². The van der Waals surface area contributed by atoms with Gasteiger partial charge in [-0.2, -0.15) is 10.2 Å². The first-order chi connectivity index (χ1) is 17.5. The number of carbonyl (C=O) groups is 1. The average Bonchev–Trinajstić information content (AvgIpc) is 2.89. The topological polar surface area (TPSA) is 63.5 Å². The number of hydrogen-bond donors (Lipinski definition) is 0. The van der Waals surface area contributed by atoms with Gasteiger partial charge < -0.3 is 14.4 Å². The molecule has 0 N–H and O–H groups in total. The fraction of sp³-hybridized carbons (Fsp3) is 0.345. The van der Waals surface area contributed by atoms with Gasteiger partial charge in [-0.15, -0.1) is 0 Å². The van der Waals surface area contributed by atoms with Gasteiger partial charge in [-0.05, 0) is 67.1 Å². The Hall–Kier alpha value is -3.74. The highest BCUT2D eigenvalue weighted by Crippen LogP contribution is 2.26. The van der Waals surface area contributed by atoms with Crippen LogP contribution in [0.5, 0.6) is 11.5 Å². The molecule has 0 radical (unpaired) electrons. The number of esters is 1. The summed E-state index contributed by atoms with van der Waals surface area (Å²) in [5.74, 6) is -0.816. The van der Waals surface area contributed by atoms with E-state index in [9.17, 15) is 9.18 Å². The van der Waals surface area contributed by atoms with Crippen LogP contribution in [0.15, 0.2) is 77.0 Å². The quantitative estimate of drug-likeness (QED) is 0.104. The number of halogens is 1. The van der Waals surface area contributed by atoms with Gasteiger partial charge >= 0.3 is 5.97 Å². The van der Waals surface area contributed by atoms with Crippen LogP contribution in [0.4, 0.5) is 21.5 Å². The lowest BCUT2D eigenvalue weighted by Crippen LogP contribution is -2.09. The number of anilines is 1. The Morgan fingerprint density at radius 1 is 0.833 bits per heavy atom. The van der Waals surface area contributed by atoms with E-state index >= 15 is 0 Å². The molecule has 0 spiro atoms. The van der Waals surface area contributed by atoms with E-state index in [2.05, 4.69) is 17.2 Å². The summed E-state index contributed by atoms with van der Waals surface area (Å²) < 4.78 is 25.5. The summed E-state index contributed by atoms with van der Waals surface area (Å²) >= 11 is 0. The highest BCUT2D eigenvalue weighted by atomic mass is 19.1. The third kappa shape index (κ3) is 8.48. The summed E-state index contributed by atoms with van der Waals surface area (Å²) in [4.78, 5) is 14.4. The van der Waals surface area contributed by atoms with Gasteiger partial charge in [-0.3, -0.25) is 0 Å². The van der Waals surface area contributed by atoms with E-state index < -0.39 is 11.8 Å². The molecule has 0 heterocycles. The van der Waals surface area contributed by atoms with E-state index in [1.165, 1.54) is 37.8 Å². The van der Waals surface area contributed by atoms with Gasteiger partial charge in [0, 0.05) is 25.8 Å². The summed E-state index contributed by atoms with van der Waals surface area (Å²) in [6.45, 7) is 2.85. The maximum Gasteiger partial charge on any atom is 0.343 e. The summed E-state index contributed by atoms with van der Waals surface area (Å²) in [5, 5.41) is 8.19. The van der Waals surface area contributed by atoms with Crippen molar-refractivity contribution >= 4 is 23.0 Å². The first-order valence-electron chi connectivity index (χ1n) is 12.4. The standard InChI is InChI=1S/C29H34FN3O3/c1-4-5-6-7-8-9-20-35-26-17-10-22(11-18-26)29(34)36-28-19-14-24(21-27(28)30)32-31-23-12-15-25(16-13-23)33(2)3/h10-19,21H,4-9,20H2,1-3H3. The van der Waals surface area contributed by atoms with Gasteiger partial charge in [0.05, 0.1) is 23.5 Å². The SMILES string of the molecule is CCCCCCCCOc1ccc(C(=O)Oc2ccc(N=Nc3ccc(N(C)C)cc3)cc2F)cc1. The van der Waals surface area contributed by atoms with Crippen molar-refractivity contribution in [1.82, 2.24) is 0 Å². The van der Waals surface area contributed by atoms with Crippen molar-refractivity contribution in [3.05, 3.63) is 78.1 Å². The molecule has 0 atom stereocenters. The third-order valence-corrected chi connectivity index (χ3v) is 5.62. The lowest BCUT2D eigenvalue weighted by Gasteiger charge is -2.11. The summed E-state index contributed by atoms with van der Waals surface area (Å²) in [6.07, 6.45) is 7.18. The Morgan fingerprint density at radius 2 is 1.47 bits per heavy atom. The molecule has 0 saturated heterocycles. The average molecular weight is 492 g/mol. The molecule has 36 heavy (non-hydrogen) atoms. The number of azo groups is 1. The van der Waals surface area contributed by atoms with Crippen LogP contribution in [0.2, 0.25) is 0 Å². The molecule has 0 aliphatic carbocycles. The minimum Gasteiger partial charge on any atom is -0.494 e. The van der Waals surface area contributed by atoms with Crippen LogP contribution in [0.25, 0.3) is 0 Å². The van der Waals surface area contributed by atoms with Crippen molar-refractivity contribution in [1.29, 1.82) is 0 Å². The van der Waals surface area contributed by atoms with Crippen LogP contribution >= 0.6 is 0 Å². The molecule has 0 bridgehead atoms. The molecule has 0 unspecified atom stereocenters. The van der Waals surface area contributed by atoms with E-state index in [0.29, 0.717) is 29.3 Å². The second kappa shape index (κ2) is 14.0. The Bertz CT molecular complexity index is 1130. The zero-order chi connectivity index (χ0) is 25.8. The predicted molar refractivity (Wildman–Crippen MR) is 142 cm³/mol. The zero-order valence-corrected chi connectivity index (χ0v) is 21.2. The Kier molecular flexibility index (Phi) is 10.4. The number of rotatable bonds is 13. The number of nitrogens with zero attached hydrogens (tertiary/aromatic N) is 3. The molecular weight excluding hydrogens is 457 g/mol. The Morgan fingerprint density at radius 3 is 2.14 bits per heavy atom. The molecule has 0 aromatic heterocycles. The second-order valence-corrected chi connectivity index (χ2v) is 8.76. The number of ether oxygens (including phenoxy) is 2. The maximum absolute atomic E-state index is 14.5. The molecule has 190 valence electrons. The first-order valence-corrected chi connectivity index (χ1v) is 12.4. The van der Waals surface area contributed by atoms with E-state index in [1.54, 1.807) is 30.3 Å². The van der Waals surface area contributed by atoms with Gasteiger partial charge in [-0.1, -0.05) is 39.0 Å². The van der Waals surface area contributed by atoms with E-state index in [1.807, 2.05) is 43.3 Å². The molecule has 0 aliphatic heterocycles. The van der Waals surface area contributed by atoms with Crippen LogP contribution in [0, 0.1) is 5.82 Å². The number of unbranched alkanes of at least 4 members (excludes halogenated alkanes) is 5. The predicted octanol–water partition coefficient (Wildman–Crippen LogP) is 8.27. The minimum atomic E-state index is -0.693. The summed E-state index contributed by atoms with van der Waals surface area (Å²) in [7, 11) is 3.91. The molecule has 0 amide bonds. The fourth-order valence-electron chi connectivity index (χ4n) is 3.49. The van der Waals surface area contributed by atoms with Crippen molar-refractivity contribution < 1.29 is 18.7 Å². The van der Waals surface area contributed by atoms with Crippen molar-refractivity contribution in [2.75, 3.05) is 25.6 Å². The van der Waals surface area contributed by atoms with E-state index in [-0.39, 0.29) is 5.75 Å². The minimum absolute atomic E-state index is 0.169. The van der Waals surface area contributed by atoms with Crippen LogP contribution < -0.4 is 14.4 Å². The number of carbonyl (C=O) groups excluding carboxylic acids is 1. The second-order valence-electron chi connectivity index (χ2n) is 8.76. The molecule has 7 heteroatoms. The van der Waals surface area contributed by atoms with Crippen molar-refractivity contribution in [2.24, 2.45) is 10.2 Å². The summed E-state index contributed by atoms with van der Waals surface area (Å²) in [5.41, 5.74) is 2.32. The molecule has 3 rings (SSSR count). The smallest absolute Gasteiger partial charge is 0.343 e. The Balaban J connectivity index is 1.50. The van der Waals surface area contributed by atoms with Gasteiger partial charge in [0.25, 0.3) is 0 Å². The molecule has 6 nitrogen and oxygen atoms in total. The van der Waals surface area contributed by atoms with Crippen LogP contribution in [-0.2, 0) is 0 Å². The number of benzene rings is 3. The monoisotopic (exact) mass is 491 g/mol. The van der Waals surface area contributed by atoms with Crippen LogP contribution in [0.3, 0.4) is 0 Å². The van der Waals surface area contributed by atoms with Crippen molar-refractivity contribution in [3.63, 3.8) is 0 Å². The largest absolute Gasteiger partial charge is 0.494 e. The first kappa shape index (κ1) is 26.9. The van der Waals surface area contributed by atoms with Crippen LogP contribution in [-0.4, -0.2) is 26.7 Å². The van der Waals surface area contributed by atoms with Gasteiger partial charge in [0.15, 0.2) is 11.6 Å². The molecular formula is C29H34FN3O3. The molecule has 3 aromatic rings. The maximum atomic E-state index is 14.5. The normalized spacial score (nSPS) is 11.0. The zero-order valence-electron chi connectivity index (χ0n) is 21.2. The number of hydrogen-bond acceptors (Lipinski definition) is 6. The van der Waals surface area contributed by atoms with Crippen LogP contribution in [0.1, 0.15) is 55.8 Å². The fourth-order valence-corrected chi connectivity index (χ4v) is 3.49. The Labute approximate surface area is 212 Å². The van der Waals surface area contributed by atoms with E-state index in [0.717, 1.165) is 18.5 Å². The summed E-state index contributed by atoms with van der Waals surface area (Å²) in [6, 6.07) is 18.3. The molecule has 0 fully saturated rings.